The SMILES string of the molecule is COC[C@H]1CCCN1c1nc(CCc2nc3c(C)ncc(C)n3n2)n(Cc2ccc(OC)cc2)n1. The summed E-state index contributed by atoms with van der Waals surface area (Å²) in [6.45, 7) is 6.20. The smallest absolute Gasteiger partial charge is 0.245 e. The maximum Gasteiger partial charge on any atom is 0.245 e. The average molecular weight is 477 g/mol. The maximum absolute atomic E-state index is 5.45. The highest BCUT2D eigenvalue weighted by molar-refractivity contribution is 5.43. The lowest BCUT2D eigenvalue weighted by Gasteiger charge is -2.22. The Kier molecular flexibility index (Phi) is 6.63. The third-order valence-electron chi connectivity index (χ3n) is 6.55. The fraction of sp³-hybridized carbons (Fsp3) is 0.480. The maximum atomic E-state index is 5.45. The Labute approximate surface area is 204 Å². The first-order valence-electron chi connectivity index (χ1n) is 12.1. The number of benzene rings is 1. The van der Waals surface area contributed by atoms with Gasteiger partial charge in [-0.15, -0.1) is 5.10 Å². The molecule has 0 bridgehead atoms. The van der Waals surface area contributed by atoms with E-state index in [0.717, 1.165) is 65.3 Å². The first-order chi connectivity index (χ1) is 17.1. The molecule has 0 radical (unpaired) electrons. The normalized spacial score (nSPS) is 15.9. The molecule has 5 rings (SSSR count). The van der Waals surface area contributed by atoms with Gasteiger partial charge < -0.3 is 14.4 Å². The molecule has 1 saturated heterocycles. The minimum Gasteiger partial charge on any atom is -0.497 e. The number of rotatable bonds is 9. The molecule has 1 atom stereocenters. The van der Waals surface area contributed by atoms with Gasteiger partial charge in [-0.05, 0) is 44.4 Å². The van der Waals surface area contributed by atoms with Gasteiger partial charge in [-0.3, -0.25) is 4.98 Å². The number of ether oxygens (including phenoxy) is 2. The van der Waals surface area contributed by atoms with Crippen LogP contribution in [0.2, 0.25) is 0 Å². The van der Waals surface area contributed by atoms with E-state index < -0.39 is 0 Å². The number of hydrogen-bond donors (Lipinski definition) is 0. The van der Waals surface area contributed by atoms with Crippen molar-refractivity contribution < 1.29 is 9.47 Å². The number of aromatic nitrogens is 7. The van der Waals surface area contributed by atoms with Gasteiger partial charge in [0.05, 0.1) is 37.7 Å². The Morgan fingerprint density at radius 1 is 1.03 bits per heavy atom. The van der Waals surface area contributed by atoms with Crippen molar-refractivity contribution in [3.63, 3.8) is 0 Å². The molecule has 10 nitrogen and oxygen atoms in total. The van der Waals surface area contributed by atoms with Gasteiger partial charge in [0.2, 0.25) is 5.95 Å². The molecule has 0 amide bonds. The summed E-state index contributed by atoms with van der Waals surface area (Å²) in [4.78, 5) is 16.4. The molecule has 0 aliphatic carbocycles. The minimum absolute atomic E-state index is 0.309. The number of fused-ring (bicyclic) bond motifs is 1. The first kappa shape index (κ1) is 23.2. The molecule has 0 unspecified atom stereocenters. The second-order valence-corrected chi connectivity index (χ2v) is 9.03. The van der Waals surface area contributed by atoms with Crippen molar-refractivity contribution in [2.45, 2.75) is 52.1 Å². The Morgan fingerprint density at radius 3 is 2.60 bits per heavy atom. The lowest BCUT2D eigenvalue weighted by atomic mass is 10.2. The van der Waals surface area contributed by atoms with Crippen LogP contribution in [-0.4, -0.2) is 67.8 Å². The molecular formula is C25H32N8O2. The monoisotopic (exact) mass is 476 g/mol. The van der Waals surface area contributed by atoms with Crippen LogP contribution in [0.15, 0.2) is 30.5 Å². The highest BCUT2D eigenvalue weighted by Gasteiger charge is 2.28. The summed E-state index contributed by atoms with van der Waals surface area (Å²) in [5.41, 5.74) is 3.78. The van der Waals surface area contributed by atoms with E-state index in [2.05, 4.69) is 22.0 Å². The largest absolute Gasteiger partial charge is 0.497 e. The molecule has 3 aromatic heterocycles. The van der Waals surface area contributed by atoms with Gasteiger partial charge in [0, 0.05) is 32.7 Å². The fourth-order valence-electron chi connectivity index (χ4n) is 4.63. The average Bonchev–Trinajstić information content (AvgIpc) is 3.60. The number of methoxy groups -OCH3 is 2. The van der Waals surface area contributed by atoms with Crippen LogP contribution in [-0.2, 0) is 24.1 Å². The number of nitrogens with zero attached hydrogens (tertiary/aromatic N) is 8. The van der Waals surface area contributed by atoms with Gasteiger partial charge in [0.1, 0.15) is 11.6 Å². The van der Waals surface area contributed by atoms with Gasteiger partial charge in [-0.25, -0.2) is 14.2 Å². The molecule has 10 heteroatoms. The topological polar surface area (TPSA) is 95.5 Å². The van der Waals surface area contributed by atoms with E-state index in [1.54, 1.807) is 14.2 Å². The van der Waals surface area contributed by atoms with E-state index in [4.69, 9.17) is 29.6 Å². The van der Waals surface area contributed by atoms with Gasteiger partial charge in [0.15, 0.2) is 11.5 Å². The molecule has 1 aromatic carbocycles. The van der Waals surface area contributed by atoms with Crippen molar-refractivity contribution in [2.75, 3.05) is 32.3 Å². The number of anilines is 1. The molecule has 1 aliphatic heterocycles. The molecular weight excluding hydrogens is 444 g/mol. The lowest BCUT2D eigenvalue weighted by molar-refractivity contribution is 0.180. The summed E-state index contributed by atoms with van der Waals surface area (Å²) >= 11 is 0. The van der Waals surface area contributed by atoms with Crippen molar-refractivity contribution in [1.29, 1.82) is 0 Å². The predicted octanol–water partition coefficient (Wildman–Crippen LogP) is 2.79. The summed E-state index contributed by atoms with van der Waals surface area (Å²) in [5, 5.41) is 9.64. The second-order valence-electron chi connectivity index (χ2n) is 9.03. The van der Waals surface area contributed by atoms with Crippen molar-refractivity contribution in [3.8, 4) is 5.75 Å². The van der Waals surface area contributed by atoms with E-state index in [-0.39, 0.29) is 0 Å². The van der Waals surface area contributed by atoms with E-state index in [0.29, 0.717) is 32.0 Å². The molecule has 184 valence electrons. The predicted molar refractivity (Wildman–Crippen MR) is 132 cm³/mol. The lowest BCUT2D eigenvalue weighted by Crippen LogP contribution is -2.33. The second kappa shape index (κ2) is 9.99. The Morgan fingerprint density at radius 2 is 1.86 bits per heavy atom. The fourth-order valence-corrected chi connectivity index (χ4v) is 4.63. The van der Waals surface area contributed by atoms with Crippen molar-refractivity contribution in [1.82, 2.24) is 34.3 Å². The summed E-state index contributed by atoms with van der Waals surface area (Å²) in [6, 6.07) is 8.39. The Hall–Kier alpha value is -3.53. The van der Waals surface area contributed by atoms with Gasteiger partial charge >= 0.3 is 0 Å². The van der Waals surface area contributed by atoms with E-state index in [1.807, 2.05) is 41.4 Å². The summed E-state index contributed by atoms with van der Waals surface area (Å²) < 4.78 is 14.6. The molecule has 0 N–H and O–H groups in total. The van der Waals surface area contributed by atoms with Gasteiger partial charge in [-0.1, -0.05) is 12.1 Å². The van der Waals surface area contributed by atoms with Crippen molar-refractivity contribution in [2.24, 2.45) is 0 Å². The van der Waals surface area contributed by atoms with E-state index >= 15 is 0 Å². The van der Waals surface area contributed by atoms with Crippen LogP contribution in [0.4, 0.5) is 5.95 Å². The molecule has 35 heavy (non-hydrogen) atoms. The molecule has 1 fully saturated rings. The highest BCUT2D eigenvalue weighted by Crippen LogP contribution is 2.24. The third-order valence-corrected chi connectivity index (χ3v) is 6.55. The van der Waals surface area contributed by atoms with Gasteiger partial charge in [0.25, 0.3) is 0 Å². The summed E-state index contributed by atoms with van der Waals surface area (Å²) in [7, 11) is 3.42. The Bertz CT molecular complexity index is 1260. The third kappa shape index (κ3) is 4.84. The van der Waals surface area contributed by atoms with E-state index in [9.17, 15) is 0 Å². The van der Waals surface area contributed by atoms with E-state index in [1.165, 1.54) is 0 Å². The number of hydrogen-bond acceptors (Lipinski definition) is 8. The van der Waals surface area contributed by atoms with Crippen LogP contribution < -0.4 is 9.64 Å². The number of aryl methyl sites for hydroxylation is 4. The molecule has 1 aliphatic rings. The van der Waals surface area contributed by atoms with Crippen molar-refractivity contribution in [3.05, 3.63) is 59.1 Å². The molecule has 4 heterocycles. The van der Waals surface area contributed by atoms with Crippen LogP contribution in [0.25, 0.3) is 5.65 Å². The summed E-state index contributed by atoms with van der Waals surface area (Å²) in [5.74, 6) is 3.31. The molecule has 0 spiro atoms. The zero-order valence-corrected chi connectivity index (χ0v) is 20.8. The van der Waals surface area contributed by atoms with Crippen LogP contribution in [0, 0.1) is 13.8 Å². The van der Waals surface area contributed by atoms with Crippen LogP contribution in [0.5, 0.6) is 5.75 Å². The summed E-state index contributed by atoms with van der Waals surface area (Å²) in [6.07, 6.45) is 5.39. The van der Waals surface area contributed by atoms with Crippen LogP contribution >= 0.6 is 0 Å². The standard InChI is InChI=1S/C25H32N8O2/c1-17-14-26-18(2)24-27-22(29-33(17)24)11-12-23-28-25(31-13-5-6-20(31)16-34-3)30-32(23)15-19-7-9-21(35-4)10-8-19/h7-10,14,20H,5-6,11-13,15-16H2,1-4H3/t20-/m1/s1. The van der Waals surface area contributed by atoms with Crippen molar-refractivity contribution >= 4 is 11.6 Å². The Balaban J connectivity index is 1.41. The quantitative estimate of drug-likeness (QED) is 0.364. The first-order valence-corrected chi connectivity index (χ1v) is 12.1. The van der Waals surface area contributed by atoms with Crippen LogP contribution in [0.3, 0.4) is 0 Å². The molecule has 0 saturated carbocycles. The zero-order chi connectivity index (χ0) is 24.4. The highest BCUT2D eigenvalue weighted by atomic mass is 16.5. The molecule has 4 aromatic rings. The van der Waals surface area contributed by atoms with Crippen LogP contribution in [0.1, 0.15) is 41.4 Å². The zero-order valence-electron chi connectivity index (χ0n) is 20.8. The minimum atomic E-state index is 0.309. The van der Waals surface area contributed by atoms with Gasteiger partial charge in [-0.2, -0.15) is 10.1 Å².